The van der Waals surface area contributed by atoms with Gasteiger partial charge in [-0.25, -0.2) is 9.99 Å². The van der Waals surface area contributed by atoms with Gasteiger partial charge >= 0.3 is 0 Å². The van der Waals surface area contributed by atoms with Crippen molar-refractivity contribution in [3.05, 3.63) is 125 Å². The van der Waals surface area contributed by atoms with Crippen LogP contribution in [0.25, 0.3) is 0 Å². The molecule has 2 aliphatic rings. The monoisotopic (exact) mass is 481 g/mol. The number of nitrogens with zero attached hydrogens (tertiary/aromatic N) is 3. The number of para-hydroxylation sites is 1. The van der Waals surface area contributed by atoms with Gasteiger partial charge in [0.15, 0.2) is 5.78 Å². The third-order valence-electron chi connectivity index (χ3n) is 6.45. The van der Waals surface area contributed by atoms with Crippen LogP contribution in [0.5, 0.6) is 0 Å². The summed E-state index contributed by atoms with van der Waals surface area (Å²) in [6.45, 7) is 0. The molecule has 2 aliphatic heterocycles. The molecule has 0 saturated carbocycles. The summed E-state index contributed by atoms with van der Waals surface area (Å²) in [5.41, 5.74) is 3.45. The van der Waals surface area contributed by atoms with Crippen LogP contribution in [0.1, 0.15) is 27.4 Å². The topological polar surface area (TPSA) is 45.6 Å². The number of hydrogen-bond acceptors (Lipinski definition) is 5. The number of rotatable bonds is 3. The number of fused-ring (bicyclic) bond motifs is 1. The number of pyridine rings is 1. The summed E-state index contributed by atoms with van der Waals surface area (Å²) in [7, 11) is 0. The van der Waals surface area contributed by atoms with Crippen LogP contribution in [-0.4, -0.2) is 27.8 Å². The van der Waals surface area contributed by atoms with Crippen LogP contribution in [0.2, 0.25) is 5.02 Å². The number of thioether (sulfide) groups is 1. The number of carbonyl (C=O) groups is 1. The van der Waals surface area contributed by atoms with Crippen molar-refractivity contribution in [2.45, 2.75) is 16.5 Å². The summed E-state index contributed by atoms with van der Waals surface area (Å²) in [4.78, 5) is 18.9. The van der Waals surface area contributed by atoms with Gasteiger partial charge in [-0.2, -0.15) is 5.10 Å². The molecule has 2 unspecified atom stereocenters. The van der Waals surface area contributed by atoms with E-state index in [4.69, 9.17) is 16.7 Å². The van der Waals surface area contributed by atoms with Gasteiger partial charge in [-0.15, -0.1) is 11.8 Å². The standard InChI is InChI=1S/C28H20ClN3OS/c29-21-15-13-19(14-16-21)24-25(20-8-3-1-4-9-20)31-32(22-10-5-2-6-11-22)28(24)18-34-27-23(26(28)33)12-7-17-30-27/h1-17,24H,18H2. The molecule has 3 aromatic carbocycles. The molecule has 4 nitrogen and oxygen atoms in total. The molecule has 0 bridgehead atoms. The molecule has 34 heavy (non-hydrogen) atoms. The van der Waals surface area contributed by atoms with Gasteiger partial charge in [0.05, 0.1) is 22.9 Å². The summed E-state index contributed by atoms with van der Waals surface area (Å²) in [6, 6.07) is 31.6. The first kappa shape index (κ1) is 21.1. The van der Waals surface area contributed by atoms with Crippen LogP contribution in [0, 0.1) is 0 Å². The number of hydrogen-bond donors (Lipinski definition) is 0. The third-order valence-corrected chi connectivity index (χ3v) is 7.88. The first-order valence-electron chi connectivity index (χ1n) is 11.1. The minimum atomic E-state index is -0.943. The Morgan fingerprint density at radius 2 is 1.59 bits per heavy atom. The highest BCUT2D eigenvalue weighted by Gasteiger charge is 2.59. The Morgan fingerprint density at radius 1 is 0.882 bits per heavy atom. The molecular formula is C28H20ClN3OS. The van der Waals surface area contributed by atoms with Crippen molar-refractivity contribution < 1.29 is 4.79 Å². The Bertz CT molecular complexity index is 1390. The lowest BCUT2D eigenvalue weighted by atomic mass is 9.72. The van der Waals surface area contributed by atoms with Crippen molar-refractivity contribution in [2.24, 2.45) is 5.10 Å². The molecule has 0 radical (unpaired) electrons. The van der Waals surface area contributed by atoms with E-state index in [0.29, 0.717) is 16.3 Å². The van der Waals surface area contributed by atoms with E-state index in [-0.39, 0.29) is 11.7 Å². The maximum Gasteiger partial charge on any atom is 0.195 e. The van der Waals surface area contributed by atoms with Crippen LogP contribution in [-0.2, 0) is 0 Å². The fourth-order valence-electron chi connectivity index (χ4n) is 4.91. The smallest absolute Gasteiger partial charge is 0.195 e. The van der Waals surface area contributed by atoms with Gasteiger partial charge in [0.2, 0.25) is 0 Å². The number of aromatic nitrogens is 1. The molecular weight excluding hydrogens is 462 g/mol. The lowest BCUT2D eigenvalue weighted by Crippen LogP contribution is -2.58. The summed E-state index contributed by atoms with van der Waals surface area (Å²) in [5.74, 6) is 0.270. The Morgan fingerprint density at radius 3 is 2.32 bits per heavy atom. The molecule has 0 saturated heterocycles. The SMILES string of the molecule is O=C1c2cccnc2SCC12C(c1ccc(Cl)cc1)C(c1ccccc1)=NN2c1ccccc1. The van der Waals surface area contributed by atoms with Crippen LogP contribution >= 0.6 is 23.4 Å². The number of carbonyl (C=O) groups excluding carboxylic acids is 1. The Labute approximate surface area is 207 Å². The highest BCUT2D eigenvalue weighted by molar-refractivity contribution is 7.99. The number of halogens is 1. The van der Waals surface area contributed by atoms with E-state index < -0.39 is 5.54 Å². The Hall–Kier alpha value is -3.41. The molecule has 166 valence electrons. The average molecular weight is 482 g/mol. The van der Waals surface area contributed by atoms with E-state index in [1.807, 2.05) is 89.9 Å². The zero-order chi connectivity index (χ0) is 23.1. The fraction of sp³-hybridized carbons (Fsp3) is 0.107. The molecule has 1 spiro atoms. The maximum atomic E-state index is 14.5. The van der Waals surface area contributed by atoms with Gasteiger partial charge in [-0.1, -0.05) is 72.3 Å². The highest BCUT2D eigenvalue weighted by Crippen LogP contribution is 2.51. The van der Waals surface area contributed by atoms with Crippen LogP contribution < -0.4 is 5.01 Å². The summed E-state index contributed by atoms with van der Waals surface area (Å²) in [5, 5.41) is 8.55. The minimum absolute atomic E-state index is 0.0350. The van der Waals surface area contributed by atoms with Crippen molar-refractivity contribution >= 4 is 40.5 Å². The predicted octanol–water partition coefficient (Wildman–Crippen LogP) is 6.47. The lowest BCUT2D eigenvalue weighted by Gasteiger charge is -2.43. The molecule has 0 aliphatic carbocycles. The van der Waals surface area contributed by atoms with Crippen molar-refractivity contribution in [1.29, 1.82) is 0 Å². The van der Waals surface area contributed by atoms with E-state index in [0.717, 1.165) is 27.6 Å². The van der Waals surface area contributed by atoms with Crippen molar-refractivity contribution in [2.75, 3.05) is 10.8 Å². The predicted molar refractivity (Wildman–Crippen MR) is 138 cm³/mol. The second kappa shape index (κ2) is 8.42. The van der Waals surface area contributed by atoms with E-state index >= 15 is 0 Å². The number of Topliss-reactive ketones (excluding diaryl/α,β-unsaturated/α-hetero) is 1. The number of hydrazone groups is 1. The molecule has 0 N–H and O–H groups in total. The number of anilines is 1. The van der Waals surface area contributed by atoms with Gasteiger partial charge in [-0.3, -0.25) is 4.79 Å². The van der Waals surface area contributed by atoms with Crippen molar-refractivity contribution in [3.8, 4) is 0 Å². The maximum absolute atomic E-state index is 14.5. The Balaban J connectivity index is 1.63. The normalized spacial score (nSPS) is 21.4. The number of benzene rings is 3. The quantitative estimate of drug-likeness (QED) is 0.336. The molecule has 1 aromatic heterocycles. The molecule has 4 aromatic rings. The second-order valence-electron chi connectivity index (χ2n) is 8.38. The summed E-state index contributed by atoms with van der Waals surface area (Å²) in [6.07, 6.45) is 1.74. The third kappa shape index (κ3) is 3.27. The zero-order valence-corrected chi connectivity index (χ0v) is 19.7. The molecule has 0 amide bonds. The fourth-order valence-corrected chi connectivity index (χ4v) is 6.26. The number of ketones is 1. The van der Waals surface area contributed by atoms with Gasteiger partial charge in [0.25, 0.3) is 0 Å². The van der Waals surface area contributed by atoms with Gasteiger partial charge < -0.3 is 0 Å². The summed E-state index contributed by atoms with van der Waals surface area (Å²) < 4.78 is 0. The van der Waals surface area contributed by atoms with Crippen molar-refractivity contribution in [1.82, 2.24) is 4.98 Å². The molecule has 0 fully saturated rings. The van der Waals surface area contributed by atoms with E-state index in [2.05, 4.69) is 17.1 Å². The highest BCUT2D eigenvalue weighted by atomic mass is 35.5. The van der Waals surface area contributed by atoms with Crippen LogP contribution in [0.3, 0.4) is 0 Å². The molecule has 3 heterocycles. The molecule has 6 heteroatoms. The minimum Gasteiger partial charge on any atom is -0.291 e. The van der Waals surface area contributed by atoms with Crippen LogP contribution in [0.4, 0.5) is 5.69 Å². The van der Waals surface area contributed by atoms with E-state index in [1.54, 1.807) is 18.0 Å². The van der Waals surface area contributed by atoms with Crippen LogP contribution in [0.15, 0.2) is 113 Å². The zero-order valence-electron chi connectivity index (χ0n) is 18.1. The van der Waals surface area contributed by atoms with Gasteiger partial charge in [0.1, 0.15) is 10.6 Å². The van der Waals surface area contributed by atoms with Crippen molar-refractivity contribution in [3.63, 3.8) is 0 Å². The molecule has 2 atom stereocenters. The van der Waals surface area contributed by atoms with E-state index in [1.165, 1.54) is 0 Å². The largest absolute Gasteiger partial charge is 0.291 e. The first-order chi connectivity index (χ1) is 16.7. The van der Waals surface area contributed by atoms with E-state index in [9.17, 15) is 4.79 Å². The molecule has 6 rings (SSSR count). The average Bonchev–Trinajstić information content (AvgIpc) is 3.24. The Kier molecular flexibility index (Phi) is 5.24. The first-order valence-corrected chi connectivity index (χ1v) is 12.4. The second-order valence-corrected chi connectivity index (χ2v) is 9.78. The van der Waals surface area contributed by atoms with Gasteiger partial charge in [0, 0.05) is 17.0 Å². The lowest BCUT2D eigenvalue weighted by molar-refractivity contribution is 0.0889. The summed E-state index contributed by atoms with van der Waals surface area (Å²) >= 11 is 7.86. The van der Waals surface area contributed by atoms with Gasteiger partial charge in [-0.05, 0) is 47.5 Å².